The minimum Gasteiger partial charge on any atom is -0.330 e. The summed E-state index contributed by atoms with van der Waals surface area (Å²) < 4.78 is 2.14. The van der Waals surface area contributed by atoms with Gasteiger partial charge in [0.2, 0.25) is 0 Å². The van der Waals surface area contributed by atoms with Crippen LogP contribution in [0.1, 0.15) is 36.7 Å². The number of imidazole rings is 1. The lowest BCUT2D eigenvalue weighted by Crippen LogP contribution is -2.30. The third-order valence-electron chi connectivity index (χ3n) is 4.31. The second-order valence-corrected chi connectivity index (χ2v) is 6.91. The van der Waals surface area contributed by atoms with Crippen LogP contribution in [0.3, 0.4) is 0 Å². The summed E-state index contributed by atoms with van der Waals surface area (Å²) in [4.78, 5) is 22.5. The van der Waals surface area contributed by atoms with Crippen LogP contribution in [0.2, 0.25) is 0 Å². The van der Waals surface area contributed by atoms with Crippen molar-refractivity contribution in [3.63, 3.8) is 0 Å². The number of carbonyl (C=O) groups is 1. The van der Waals surface area contributed by atoms with Gasteiger partial charge in [-0.15, -0.1) is 0 Å². The normalized spacial score (nSPS) is 10.8. The van der Waals surface area contributed by atoms with E-state index < -0.39 is 0 Å². The van der Waals surface area contributed by atoms with E-state index in [9.17, 15) is 4.79 Å². The molecule has 3 rings (SSSR count). The van der Waals surface area contributed by atoms with E-state index in [1.54, 1.807) is 24.3 Å². The molecule has 6 heteroatoms. The van der Waals surface area contributed by atoms with Crippen LogP contribution in [0.15, 0.2) is 61.2 Å². The molecule has 1 N–H and O–H groups in total. The van der Waals surface area contributed by atoms with Gasteiger partial charge < -0.3 is 14.8 Å². The van der Waals surface area contributed by atoms with E-state index in [-0.39, 0.29) is 6.03 Å². The summed E-state index contributed by atoms with van der Waals surface area (Å²) in [6.45, 7) is 5.52. The van der Waals surface area contributed by atoms with Crippen LogP contribution in [0.4, 0.5) is 10.5 Å². The molecule has 0 saturated heterocycles. The molecule has 140 valence electrons. The Hall–Kier alpha value is -3.15. The monoisotopic (exact) mass is 363 g/mol. The van der Waals surface area contributed by atoms with E-state index in [1.165, 1.54) is 0 Å². The van der Waals surface area contributed by atoms with Crippen LogP contribution in [-0.2, 0) is 13.1 Å². The highest BCUT2D eigenvalue weighted by molar-refractivity contribution is 5.89. The van der Waals surface area contributed by atoms with Crippen LogP contribution in [0, 0.1) is 0 Å². The zero-order valence-electron chi connectivity index (χ0n) is 16.0. The maximum atomic E-state index is 12.5. The first kappa shape index (κ1) is 18.6. The topological polar surface area (TPSA) is 63.1 Å². The van der Waals surface area contributed by atoms with Gasteiger partial charge in [0, 0.05) is 56.5 Å². The molecule has 0 aliphatic heterocycles. The number of benzene rings is 1. The van der Waals surface area contributed by atoms with Gasteiger partial charge >= 0.3 is 6.03 Å². The van der Waals surface area contributed by atoms with Gasteiger partial charge in [-0.1, -0.05) is 26.0 Å². The van der Waals surface area contributed by atoms with E-state index in [0.717, 1.165) is 29.2 Å². The van der Waals surface area contributed by atoms with Gasteiger partial charge in [-0.05, 0) is 35.4 Å². The Labute approximate surface area is 159 Å². The molecule has 0 atom stereocenters. The fraction of sp³-hybridized carbons (Fsp3) is 0.286. The average molecular weight is 363 g/mol. The van der Waals surface area contributed by atoms with E-state index in [1.807, 2.05) is 42.7 Å². The number of urea groups is 1. The third kappa shape index (κ3) is 4.94. The molecule has 0 aliphatic carbocycles. The van der Waals surface area contributed by atoms with Gasteiger partial charge in [0.25, 0.3) is 0 Å². The largest absolute Gasteiger partial charge is 0.330 e. The first-order chi connectivity index (χ1) is 13.0. The molecule has 2 amide bonds. The minimum atomic E-state index is -0.144. The van der Waals surface area contributed by atoms with Crippen molar-refractivity contribution < 1.29 is 4.79 Å². The number of hydrogen-bond donors (Lipinski definition) is 1. The van der Waals surface area contributed by atoms with Gasteiger partial charge in [-0.2, -0.15) is 0 Å². The lowest BCUT2D eigenvalue weighted by Gasteiger charge is -2.18. The molecule has 2 aromatic heterocycles. The smallest absolute Gasteiger partial charge is 0.321 e. The Morgan fingerprint density at radius 2 is 1.93 bits per heavy atom. The maximum absolute atomic E-state index is 12.5. The predicted molar refractivity (Wildman–Crippen MR) is 107 cm³/mol. The molecule has 6 nitrogen and oxygen atoms in total. The molecule has 1 aromatic carbocycles. The number of carbonyl (C=O) groups excluding carboxylic acids is 1. The Bertz CT molecular complexity index is 888. The van der Waals surface area contributed by atoms with Crippen LogP contribution < -0.4 is 5.32 Å². The SMILES string of the molecule is CC(C)c1nccn1Cc1cccc(NC(=O)N(C)Cc2ccncc2)c1. The van der Waals surface area contributed by atoms with Gasteiger partial charge in [0.1, 0.15) is 5.82 Å². The van der Waals surface area contributed by atoms with Crippen molar-refractivity contribution in [3.05, 3.63) is 78.1 Å². The van der Waals surface area contributed by atoms with Gasteiger partial charge in [0.15, 0.2) is 0 Å². The van der Waals surface area contributed by atoms with E-state index >= 15 is 0 Å². The molecule has 0 fully saturated rings. The van der Waals surface area contributed by atoms with Crippen LogP contribution in [0.5, 0.6) is 0 Å². The summed E-state index contributed by atoms with van der Waals surface area (Å²) >= 11 is 0. The summed E-state index contributed by atoms with van der Waals surface area (Å²) in [6, 6.07) is 11.6. The molecule has 0 saturated carbocycles. The standard InChI is InChI=1S/C21H25N5O/c1-16(2)20-23-11-12-26(20)15-18-5-4-6-19(13-18)24-21(27)25(3)14-17-7-9-22-10-8-17/h4-13,16H,14-15H2,1-3H3,(H,24,27). The van der Waals surface area contributed by atoms with Crippen molar-refractivity contribution in [1.82, 2.24) is 19.4 Å². The van der Waals surface area contributed by atoms with E-state index in [4.69, 9.17) is 0 Å². The Kier molecular flexibility index (Phi) is 5.86. The van der Waals surface area contributed by atoms with Gasteiger partial charge in [0.05, 0.1) is 0 Å². The van der Waals surface area contributed by atoms with Crippen molar-refractivity contribution in [2.45, 2.75) is 32.9 Å². The zero-order valence-corrected chi connectivity index (χ0v) is 16.0. The number of nitrogens with one attached hydrogen (secondary N) is 1. The predicted octanol–water partition coefficient (Wildman–Crippen LogP) is 4.11. The molecular formula is C21H25N5O. The Balaban J connectivity index is 1.65. The highest BCUT2D eigenvalue weighted by Crippen LogP contribution is 2.17. The Morgan fingerprint density at radius 3 is 2.67 bits per heavy atom. The molecule has 0 unspecified atom stereocenters. The van der Waals surface area contributed by atoms with E-state index in [0.29, 0.717) is 12.5 Å². The molecule has 0 spiro atoms. The summed E-state index contributed by atoms with van der Waals surface area (Å²) in [5.41, 5.74) is 2.94. The highest BCUT2D eigenvalue weighted by atomic mass is 16.2. The summed E-state index contributed by atoms with van der Waals surface area (Å²) in [5.74, 6) is 1.42. The fourth-order valence-electron chi connectivity index (χ4n) is 2.95. The van der Waals surface area contributed by atoms with E-state index in [2.05, 4.69) is 39.8 Å². The number of pyridine rings is 1. The number of nitrogens with zero attached hydrogens (tertiary/aromatic N) is 4. The quantitative estimate of drug-likeness (QED) is 0.717. The summed E-state index contributed by atoms with van der Waals surface area (Å²) in [7, 11) is 1.78. The molecule has 0 aliphatic rings. The maximum Gasteiger partial charge on any atom is 0.321 e. The number of hydrogen-bond acceptors (Lipinski definition) is 3. The van der Waals surface area contributed by atoms with Crippen molar-refractivity contribution in [3.8, 4) is 0 Å². The lowest BCUT2D eigenvalue weighted by molar-refractivity contribution is 0.220. The molecular weight excluding hydrogens is 338 g/mol. The summed E-state index contributed by atoms with van der Waals surface area (Å²) in [6.07, 6.45) is 7.27. The number of anilines is 1. The number of aromatic nitrogens is 3. The van der Waals surface area contributed by atoms with Crippen molar-refractivity contribution in [2.24, 2.45) is 0 Å². The molecule has 3 aromatic rings. The van der Waals surface area contributed by atoms with Gasteiger partial charge in [-0.25, -0.2) is 9.78 Å². The van der Waals surface area contributed by atoms with Crippen LogP contribution in [-0.4, -0.2) is 32.5 Å². The molecule has 0 radical (unpaired) electrons. The first-order valence-corrected chi connectivity index (χ1v) is 9.04. The van der Waals surface area contributed by atoms with Crippen molar-refractivity contribution >= 4 is 11.7 Å². The summed E-state index contributed by atoms with van der Waals surface area (Å²) in [5, 5.41) is 2.97. The molecule has 0 bridgehead atoms. The average Bonchev–Trinajstić information content (AvgIpc) is 3.11. The van der Waals surface area contributed by atoms with Crippen molar-refractivity contribution in [2.75, 3.05) is 12.4 Å². The molecule has 2 heterocycles. The highest BCUT2D eigenvalue weighted by Gasteiger charge is 2.11. The molecule has 27 heavy (non-hydrogen) atoms. The minimum absolute atomic E-state index is 0.144. The zero-order chi connectivity index (χ0) is 19.2. The van der Waals surface area contributed by atoms with Crippen molar-refractivity contribution in [1.29, 1.82) is 0 Å². The second-order valence-electron chi connectivity index (χ2n) is 6.91. The fourth-order valence-corrected chi connectivity index (χ4v) is 2.95. The third-order valence-corrected chi connectivity index (χ3v) is 4.31. The second kappa shape index (κ2) is 8.49. The van der Waals surface area contributed by atoms with Gasteiger partial charge in [-0.3, -0.25) is 4.98 Å². The number of amides is 2. The number of rotatable bonds is 6. The van der Waals surface area contributed by atoms with Crippen LogP contribution in [0.25, 0.3) is 0 Å². The Morgan fingerprint density at radius 1 is 1.15 bits per heavy atom. The lowest BCUT2D eigenvalue weighted by atomic mass is 10.1. The first-order valence-electron chi connectivity index (χ1n) is 9.04. The van der Waals surface area contributed by atoms with Crippen LogP contribution >= 0.6 is 0 Å².